The third-order valence-corrected chi connectivity index (χ3v) is 3.78. The molecule has 0 spiro atoms. The number of nitrogens with two attached hydrogens (primary N) is 1. The Hall–Kier alpha value is -1.34. The molecular formula is C14H17F4NO2. The van der Waals surface area contributed by atoms with Gasteiger partial charge in [0.15, 0.2) is 0 Å². The molecule has 0 amide bonds. The lowest BCUT2D eigenvalue weighted by Crippen LogP contribution is -2.38. The number of aliphatic hydroxyl groups is 1. The van der Waals surface area contributed by atoms with E-state index >= 15 is 0 Å². The van der Waals surface area contributed by atoms with Gasteiger partial charge in [-0.05, 0) is 24.8 Å². The highest BCUT2D eigenvalue weighted by atomic mass is 19.3. The molecule has 1 aliphatic rings. The topological polar surface area (TPSA) is 55.5 Å². The average molecular weight is 307 g/mol. The molecule has 1 aromatic rings. The predicted molar refractivity (Wildman–Crippen MR) is 68.3 cm³/mol. The Morgan fingerprint density at radius 1 is 1.24 bits per heavy atom. The van der Waals surface area contributed by atoms with Crippen LogP contribution in [0.3, 0.4) is 0 Å². The summed E-state index contributed by atoms with van der Waals surface area (Å²) in [5.74, 6) is -0.433. The molecule has 21 heavy (non-hydrogen) atoms. The first-order chi connectivity index (χ1) is 9.83. The largest absolute Gasteiger partial charge is 0.461 e. The molecule has 3 N–H and O–H groups in total. The molecule has 0 unspecified atom stereocenters. The molecule has 3 nitrogen and oxygen atoms in total. The molecule has 0 heterocycles. The maximum atomic E-state index is 13.0. The van der Waals surface area contributed by atoms with Gasteiger partial charge < -0.3 is 15.6 Å². The Labute approximate surface area is 119 Å². The molecule has 2 rings (SSSR count). The summed E-state index contributed by atoms with van der Waals surface area (Å²) in [4.78, 5) is 0. The van der Waals surface area contributed by atoms with Crippen molar-refractivity contribution in [2.24, 2.45) is 11.7 Å². The van der Waals surface area contributed by atoms with Gasteiger partial charge in [-0.25, -0.2) is 0 Å². The Morgan fingerprint density at radius 3 is 2.38 bits per heavy atom. The van der Waals surface area contributed by atoms with E-state index in [9.17, 15) is 22.7 Å². The fraction of sp³-hybridized carbons (Fsp3) is 0.571. The molecule has 0 aromatic heterocycles. The van der Waals surface area contributed by atoms with Crippen molar-refractivity contribution in [3.05, 3.63) is 29.8 Å². The maximum Gasteiger partial charge on any atom is 0.461 e. The maximum absolute atomic E-state index is 13.0. The second kappa shape index (κ2) is 6.19. The summed E-state index contributed by atoms with van der Waals surface area (Å²) in [6, 6.07) is 4.47. The summed E-state index contributed by atoms with van der Waals surface area (Å²) in [5, 5.41) is 10.1. The van der Waals surface area contributed by atoms with E-state index in [1.165, 1.54) is 18.2 Å². The number of rotatable bonds is 6. The summed E-state index contributed by atoms with van der Waals surface area (Å²) in [5.41, 5.74) is 5.98. The van der Waals surface area contributed by atoms with Crippen LogP contribution in [0.1, 0.15) is 30.9 Å². The van der Waals surface area contributed by atoms with E-state index in [2.05, 4.69) is 4.74 Å². The highest BCUT2D eigenvalue weighted by Crippen LogP contribution is 2.38. The molecule has 118 valence electrons. The van der Waals surface area contributed by atoms with Gasteiger partial charge in [0.25, 0.3) is 0 Å². The zero-order valence-electron chi connectivity index (χ0n) is 11.2. The number of benzene rings is 1. The van der Waals surface area contributed by atoms with Crippen molar-refractivity contribution in [1.82, 2.24) is 0 Å². The lowest BCUT2D eigenvalue weighted by atomic mass is 9.77. The summed E-state index contributed by atoms with van der Waals surface area (Å²) >= 11 is 0. The summed E-state index contributed by atoms with van der Waals surface area (Å²) in [7, 11) is 0. The lowest BCUT2D eigenvalue weighted by molar-refractivity contribution is -0.253. The van der Waals surface area contributed by atoms with E-state index in [-0.39, 0.29) is 11.5 Å². The van der Waals surface area contributed by atoms with Crippen LogP contribution in [-0.2, 0) is 0 Å². The number of halogens is 4. The van der Waals surface area contributed by atoms with Gasteiger partial charge in [-0.3, -0.25) is 0 Å². The van der Waals surface area contributed by atoms with E-state index in [0.29, 0.717) is 0 Å². The number of ether oxygens (including phenoxy) is 1. The van der Waals surface area contributed by atoms with Crippen molar-refractivity contribution in [2.75, 3.05) is 0 Å². The minimum atomic E-state index is -4.60. The highest BCUT2D eigenvalue weighted by Gasteiger charge is 2.44. The molecule has 1 saturated carbocycles. The second-order valence-electron chi connectivity index (χ2n) is 5.21. The summed E-state index contributed by atoms with van der Waals surface area (Å²) < 4.78 is 54.6. The van der Waals surface area contributed by atoms with Crippen LogP contribution in [0.5, 0.6) is 5.75 Å². The lowest BCUT2D eigenvalue weighted by Gasteiger charge is -2.34. The Kier molecular flexibility index (Phi) is 4.73. The van der Waals surface area contributed by atoms with E-state index in [1.807, 2.05) is 0 Å². The zero-order valence-corrected chi connectivity index (χ0v) is 11.2. The van der Waals surface area contributed by atoms with E-state index in [1.54, 1.807) is 0 Å². The average Bonchev–Trinajstić information content (AvgIpc) is 2.35. The Balaban J connectivity index is 2.19. The van der Waals surface area contributed by atoms with Crippen LogP contribution in [0.2, 0.25) is 0 Å². The Bertz CT molecular complexity index is 480. The van der Waals surface area contributed by atoms with Gasteiger partial charge in [0.05, 0.1) is 12.1 Å². The van der Waals surface area contributed by atoms with Crippen molar-refractivity contribution in [3.8, 4) is 5.75 Å². The molecule has 1 aromatic carbocycles. The van der Waals surface area contributed by atoms with Gasteiger partial charge in [-0.1, -0.05) is 24.6 Å². The van der Waals surface area contributed by atoms with Crippen LogP contribution >= 0.6 is 0 Å². The number of alkyl halides is 4. The van der Waals surface area contributed by atoms with E-state index in [4.69, 9.17) is 5.73 Å². The SMILES string of the molecule is N[C@@H](c1ccccc1OC(F)(F)C(F)F)[C@H](O)C1CCC1. The quantitative estimate of drug-likeness (QED) is 0.794. The molecular weight excluding hydrogens is 290 g/mol. The molecule has 1 fully saturated rings. The zero-order chi connectivity index (χ0) is 15.6. The molecule has 7 heteroatoms. The minimum absolute atomic E-state index is 0.00339. The third kappa shape index (κ3) is 3.47. The van der Waals surface area contributed by atoms with Crippen LogP contribution in [-0.4, -0.2) is 23.7 Å². The number of hydrogen-bond acceptors (Lipinski definition) is 3. The Morgan fingerprint density at radius 2 is 1.86 bits per heavy atom. The summed E-state index contributed by atoms with van der Waals surface area (Å²) in [6.07, 6.45) is -6.86. The molecule has 1 aliphatic carbocycles. The second-order valence-corrected chi connectivity index (χ2v) is 5.21. The monoisotopic (exact) mass is 307 g/mol. The summed E-state index contributed by atoms with van der Waals surface area (Å²) in [6.45, 7) is 0. The van der Waals surface area contributed by atoms with E-state index < -0.39 is 30.4 Å². The molecule has 0 aliphatic heterocycles. The van der Waals surface area contributed by atoms with Gasteiger partial charge in [0, 0.05) is 5.56 Å². The number of aliphatic hydroxyl groups excluding tert-OH is 1. The van der Waals surface area contributed by atoms with Gasteiger partial charge in [-0.15, -0.1) is 0 Å². The fourth-order valence-corrected chi connectivity index (χ4v) is 2.30. The van der Waals surface area contributed by atoms with Gasteiger partial charge in [0.2, 0.25) is 0 Å². The van der Waals surface area contributed by atoms with Crippen LogP contribution < -0.4 is 10.5 Å². The predicted octanol–water partition coefficient (Wildman–Crippen LogP) is 3.08. The van der Waals surface area contributed by atoms with Gasteiger partial charge in [0.1, 0.15) is 5.75 Å². The van der Waals surface area contributed by atoms with Crippen LogP contribution in [0.25, 0.3) is 0 Å². The number of para-hydroxylation sites is 1. The highest BCUT2D eigenvalue weighted by molar-refractivity contribution is 5.36. The first-order valence-electron chi connectivity index (χ1n) is 6.70. The fourth-order valence-electron chi connectivity index (χ4n) is 2.30. The van der Waals surface area contributed by atoms with Crippen molar-refractivity contribution >= 4 is 0 Å². The van der Waals surface area contributed by atoms with Crippen molar-refractivity contribution in [3.63, 3.8) is 0 Å². The van der Waals surface area contributed by atoms with Gasteiger partial charge >= 0.3 is 12.5 Å². The minimum Gasteiger partial charge on any atom is -0.428 e. The van der Waals surface area contributed by atoms with Crippen LogP contribution in [0.4, 0.5) is 17.6 Å². The molecule has 0 bridgehead atoms. The van der Waals surface area contributed by atoms with Crippen molar-refractivity contribution in [2.45, 2.75) is 43.9 Å². The molecule has 0 saturated heterocycles. The van der Waals surface area contributed by atoms with Gasteiger partial charge in [-0.2, -0.15) is 17.6 Å². The smallest absolute Gasteiger partial charge is 0.428 e. The van der Waals surface area contributed by atoms with Crippen molar-refractivity contribution in [1.29, 1.82) is 0 Å². The number of hydrogen-bond donors (Lipinski definition) is 2. The van der Waals surface area contributed by atoms with Crippen LogP contribution in [0, 0.1) is 5.92 Å². The van der Waals surface area contributed by atoms with Crippen LogP contribution in [0.15, 0.2) is 24.3 Å². The normalized spacial score (nSPS) is 19.2. The third-order valence-electron chi connectivity index (χ3n) is 3.78. The van der Waals surface area contributed by atoms with E-state index in [0.717, 1.165) is 25.3 Å². The first-order valence-corrected chi connectivity index (χ1v) is 6.70. The van der Waals surface area contributed by atoms with Crippen molar-refractivity contribution < 1.29 is 27.4 Å². The molecule has 0 radical (unpaired) electrons. The first kappa shape index (κ1) is 16.0. The molecule has 2 atom stereocenters. The standard InChI is InChI=1S/C14H17F4NO2/c15-13(16)14(17,18)21-10-7-2-1-6-9(10)11(19)12(20)8-4-3-5-8/h1-2,6-8,11-13,20H,3-5,19H2/t11-,12+/m0/s1.